The fraction of sp³-hybridized carbons (Fsp3) is 0.857. The Balaban J connectivity index is 1.23. The Kier molecular flexibility index (Phi) is 4.76. The zero-order valence-corrected chi connectivity index (χ0v) is 20.0. The number of ether oxygens (including phenoxy) is 1. The minimum absolute atomic E-state index is 0.268. The molecule has 0 saturated heterocycles. The first-order valence-electron chi connectivity index (χ1n) is 13.4. The van der Waals surface area contributed by atoms with Gasteiger partial charge in [0.1, 0.15) is 0 Å². The maximum Gasteiger partial charge on any atom is 0.287 e. The quantitative estimate of drug-likeness (QED) is 0.429. The fourth-order valence-corrected chi connectivity index (χ4v) is 9.28. The van der Waals surface area contributed by atoms with Crippen LogP contribution in [0.15, 0.2) is 23.4 Å². The Hall–Kier alpha value is -0.800. The molecular weight excluding hydrogens is 382 g/mol. The van der Waals surface area contributed by atoms with Gasteiger partial charge in [0, 0.05) is 22.7 Å². The van der Waals surface area contributed by atoms with Gasteiger partial charge in [0.15, 0.2) is 0 Å². The average Bonchev–Trinajstić information content (AvgIpc) is 3.18. The van der Waals surface area contributed by atoms with Crippen molar-refractivity contribution in [3.05, 3.63) is 23.4 Å². The first-order chi connectivity index (χ1) is 14.8. The van der Waals surface area contributed by atoms with Gasteiger partial charge < -0.3 is 15.2 Å². The van der Waals surface area contributed by atoms with Crippen LogP contribution in [0.25, 0.3) is 0 Å². The van der Waals surface area contributed by atoms with Gasteiger partial charge in [0.05, 0.1) is 5.60 Å². The van der Waals surface area contributed by atoms with Gasteiger partial charge in [0.25, 0.3) is 6.29 Å². The van der Waals surface area contributed by atoms with E-state index in [2.05, 4.69) is 38.2 Å². The van der Waals surface area contributed by atoms with Crippen molar-refractivity contribution in [2.45, 2.75) is 115 Å². The van der Waals surface area contributed by atoms with E-state index >= 15 is 0 Å². The van der Waals surface area contributed by atoms with Crippen molar-refractivity contribution in [3.8, 4) is 0 Å². The van der Waals surface area contributed by atoms with E-state index in [1.165, 1.54) is 81.9 Å². The first-order valence-corrected chi connectivity index (χ1v) is 13.4. The van der Waals surface area contributed by atoms with E-state index in [0.717, 1.165) is 30.1 Å². The van der Waals surface area contributed by atoms with Crippen LogP contribution in [0.5, 0.6) is 0 Å². The van der Waals surface area contributed by atoms with E-state index in [-0.39, 0.29) is 5.60 Å². The Labute approximate surface area is 189 Å². The molecule has 6 aliphatic rings. The maximum absolute atomic E-state index is 8.66. The maximum atomic E-state index is 8.66. The Bertz CT molecular complexity index is 787. The van der Waals surface area contributed by atoms with Crippen LogP contribution >= 0.6 is 0 Å². The van der Waals surface area contributed by atoms with Crippen LogP contribution in [0.1, 0.15) is 97.8 Å². The third-order valence-electron chi connectivity index (χ3n) is 10.3. The molecule has 5 fully saturated rings. The van der Waals surface area contributed by atoms with Crippen LogP contribution in [0.4, 0.5) is 0 Å². The zero-order valence-electron chi connectivity index (χ0n) is 20.0. The van der Waals surface area contributed by atoms with E-state index in [0.29, 0.717) is 16.9 Å². The van der Waals surface area contributed by atoms with E-state index in [1.807, 2.05) is 0 Å². The van der Waals surface area contributed by atoms with Crippen LogP contribution in [-0.4, -0.2) is 22.5 Å². The summed E-state index contributed by atoms with van der Waals surface area (Å²) in [6, 6.07) is 0. The van der Waals surface area contributed by atoms with Crippen molar-refractivity contribution in [1.82, 2.24) is 5.32 Å². The largest absolute Gasteiger partial charge is 0.418 e. The van der Waals surface area contributed by atoms with E-state index in [9.17, 15) is 0 Å². The molecule has 0 heterocycles. The van der Waals surface area contributed by atoms with Gasteiger partial charge in [-0.1, -0.05) is 38.2 Å². The van der Waals surface area contributed by atoms with Crippen molar-refractivity contribution >= 4 is 0 Å². The molecule has 7 unspecified atom stereocenters. The Morgan fingerprint density at radius 2 is 1.87 bits per heavy atom. The van der Waals surface area contributed by atoms with Gasteiger partial charge >= 0.3 is 0 Å². The van der Waals surface area contributed by atoms with Crippen molar-refractivity contribution in [2.24, 2.45) is 35.0 Å². The topological polar surface area (TPSA) is 44.2 Å². The average molecular weight is 427 g/mol. The summed E-state index contributed by atoms with van der Waals surface area (Å²) in [6.45, 7) is 6.20. The molecule has 2 bridgehead atoms. The van der Waals surface area contributed by atoms with E-state index in [4.69, 9.17) is 9.84 Å². The molecule has 6 aliphatic carbocycles. The number of fused-ring (bicyclic) bond motifs is 1. The Morgan fingerprint density at radius 1 is 1.06 bits per heavy atom. The molecule has 0 aromatic heterocycles. The van der Waals surface area contributed by atoms with Gasteiger partial charge in [-0.25, -0.2) is 0 Å². The van der Waals surface area contributed by atoms with Gasteiger partial charge in [-0.15, -0.1) is 0 Å². The summed E-state index contributed by atoms with van der Waals surface area (Å²) in [5.74, 6) is 4.49. The summed E-state index contributed by atoms with van der Waals surface area (Å²) in [6.07, 6.45) is 20.9. The number of rotatable bonds is 6. The Morgan fingerprint density at radius 3 is 2.58 bits per heavy atom. The monoisotopic (exact) mass is 426 g/mol. The lowest BCUT2D eigenvalue weighted by molar-refractivity contribution is -0.204. The molecule has 3 N–H and O–H groups in total. The normalized spacial score (nSPS) is 44.6. The lowest BCUT2D eigenvalue weighted by atomic mass is 9.35. The number of hydrogen-bond donors (Lipinski definition) is 1. The highest BCUT2D eigenvalue weighted by Crippen LogP contribution is 2.82. The van der Waals surface area contributed by atoms with E-state index in [1.54, 1.807) is 0 Å². The van der Waals surface area contributed by atoms with Gasteiger partial charge in [-0.3, -0.25) is 0 Å². The van der Waals surface area contributed by atoms with Gasteiger partial charge in [0.2, 0.25) is 0 Å². The summed E-state index contributed by atoms with van der Waals surface area (Å²) in [5, 5.41) is 12.9. The molecule has 1 spiro atoms. The summed E-state index contributed by atoms with van der Waals surface area (Å²) in [4.78, 5) is 0. The standard InChI is InChI=1S/C28H43NO2/c1-26(2,3)31-25(30)20-9-10-24(21(13-20)11-18-7-5-4-6-8-18)29-27-15-19-12-22-14-23(17-27)28(22,27)16-19/h9-10,18-19,21-23,25,29-30H,4-8,11-17H2,1-3H3/p+1. The zero-order chi connectivity index (χ0) is 21.4. The highest BCUT2D eigenvalue weighted by atomic mass is 16.6. The predicted molar refractivity (Wildman–Crippen MR) is 126 cm³/mol. The molecule has 0 aromatic carbocycles. The second-order valence-electron chi connectivity index (χ2n) is 13.2. The van der Waals surface area contributed by atoms with E-state index < -0.39 is 6.29 Å². The molecule has 3 nitrogen and oxygen atoms in total. The molecule has 6 rings (SSSR count). The summed E-state index contributed by atoms with van der Waals surface area (Å²) >= 11 is 0. The van der Waals surface area contributed by atoms with Crippen LogP contribution in [0.2, 0.25) is 0 Å². The first kappa shape index (κ1) is 20.8. The van der Waals surface area contributed by atoms with Crippen molar-refractivity contribution < 1.29 is 9.84 Å². The molecule has 172 valence electrons. The third kappa shape index (κ3) is 3.20. The molecule has 0 radical (unpaired) electrons. The summed E-state index contributed by atoms with van der Waals surface area (Å²) in [5.41, 5.74) is 3.52. The highest BCUT2D eigenvalue weighted by molar-refractivity contribution is 5.37. The number of allylic oxidation sites excluding steroid dienone is 3. The van der Waals surface area contributed by atoms with Crippen molar-refractivity contribution in [1.29, 1.82) is 0 Å². The highest BCUT2D eigenvalue weighted by Gasteiger charge is 2.80. The van der Waals surface area contributed by atoms with Crippen LogP contribution in [0, 0.1) is 35.0 Å². The second kappa shape index (κ2) is 7.10. The molecular formula is C28H44NO2+. The molecule has 0 amide bonds. The molecule has 0 aliphatic heterocycles. The summed E-state index contributed by atoms with van der Waals surface area (Å²) < 4.78 is 6.04. The fourth-order valence-electron chi connectivity index (χ4n) is 9.28. The summed E-state index contributed by atoms with van der Waals surface area (Å²) in [7, 11) is 0. The number of hydrogen-bond acceptors (Lipinski definition) is 2. The third-order valence-corrected chi connectivity index (χ3v) is 10.3. The lowest BCUT2D eigenvalue weighted by Crippen LogP contribution is -2.76. The lowest BCUT2D eigenvalue weighted by Gasteiger charge is -2.73. The van der Waals surface area contributed by atoms with Crippen molar-refractivity contribution in [3.63, 3.8) is 0 Å². The predicted octanol–water partition coefficient (Wildman–Crippen LogP) is 5.82. The minimum Gasteiger partial charge on any atom is -0.418 e. The molecule has 3 heteroatoms. The van der Waals surface area contributed by atoms with Crippen LogP contribution < -0.4 is 5.32 Å². The molecule has 0 aromatic rings. The molecule has 5 saturated carbocycles. The van der Waals surface area contributed by atoms with Crippen molar-refractivity contribution in [2.75, 3.05) is 0 Å². The van der Waals surface area contributed by atoms with Gasteiger partial charge in [-0.05, 0) is 101 Å². The second-order valence-corrected chi connectivity index (χ2v) is 13.2. The number of nitrogens with one attached hydrogen (secondary N) is 1. The molecule has 7 atom stereocenters. The smallest absolute Gasteiger partial charge is 0.287 e. The van der Waals surface area contributed by atoms with Gasteiger partial charge in [-0.2, -0.15) is 0 Å². The van der Waals surface area contributed by atoms with Crippen LogP contribution in [-0.2, 0) is 4.74 Å². The molecule has 31 heavy (non-hydrogen) atoms. The van der Waals surface area contributed by atoms with Crippen LogP contribution in [0.3, 0.4) is 0 Å². The SMILES string of the molecule is CC(C)(C)OC([OH2+])C1=CC=C(NC23CC4CC5CC(C2)C53C4)C(CC2CCCCC2)C1. The minimum atomic E-state index is -0.532.